The molecule has 0 aromatic heterocycles. The van der Waals surface area contributed by atoms with E-state index in [9.17, 15) is 0 Å². The Morgan fingerprint density at radius 3 is 2.00 bits per heavy atom. The van der Waals surface area contributed by atoms with E-state index in [2.05, 4.69) is 37.4 Å². The van der Waals surface area contributed by atoms with E-state index in [-0.39, 0.29) is 0 Å². The van der Waals surface area contributed by atoms with Crippen molar-refractivity contribution in [3.05, 3.63) is 59.2 Å². The summed E-state index contributed by atoms with van der Waals surface area (Å²) in [6.45, 7) is 4.35. The molecule has 0 radical (unpaired) electrons. The minimum Gasteiger partial charge on any atom is -0.389 e. The van der Waals surface area contributed by atoms with E-state index in [0.29, 0.717) is 4.99 Å². The molecule has 0 atom stereocenters. The van der Waals surface area contributed by atoms with Crippen LogP contribution in [0.15, 0.2) is 42.5 Å². The Balaban J connectivity index is 2.31. The third-order valence-electron chi connectivity index (χ3n) is 3.44. The standard InChI is InChI=1S/C17H20N2S/c1-3-12-6-5-7-13(4-2)16(12)19-15-10-8-14(9-11-15)17(18)20/h5-11,19H,3-4H2,1-2H3,(H2,18,20). The van der Waals surface area contributed by atoms with Gasteiger partial charge in [0, 0.05) is 16.9 Å². The van der Waals surface area contributed by atoms with Gasteiger partial charge in [-0.2, -0.15) is 0 Å². The van der Waals surface area contributed by atoms with Crippen LogP contribution in [0.2, 0.25) is 0 Å². The Kier molecular flexibility index (Phi) is 4.74. The van der Waals surface area contributed by atoms with Crippen molar-refractivity contribution in [3.8, 4) is 0 Å². The Hall–Kier alpha value is -1.87. The maximum atomic E-state index is 5.62. The van der Waals surface area contributed by atoms with Gasteiger partial charge < -0.3 is 11.1 Å². The Bertz CT molecular complexity index is 581. The van der Waals surface area contributed by atoms with Gasteiger partial charge in [0.1, 0.15) is 4.99 Å². The summed E-state index contributed by atoms with van der Waals surface area (Å²) >= 11 is 4.97. The molecule has 104 valence electrons. The van der Waals surface area contributed by atoms with Gasteiger partial charge in [0.2, 0.25) is 0 Å². The molecule has 0 saturated heterocycles. The monoisotopic (exact) mass is 284 g/mol. The van der Waals surface area contributed by atoms with Crippen LogP contribution < -0.4 is 11.1 Å². The number of rotatable bonds is 5. The second kappa shape index (κ2) is 6.53. The highest BCUT2D eigenvalue weighted by molar-refractivity contribution is 7.80. The molecule has 20 heavy (non-hydrogen) atoms. The molecule has 0 heterocycles. The average Bonchev–Trinajstić information content (AvgIpc) is 2.48. The number of hydrogen-bond acceptors (Lipinski definition) is 2. The number of para-hydroxylation sites is 1. The SMILES string of the molecule is CCc1cccc(CC)c1Nc1ccc(C(N)=S)cc1. The van der Waals surface area contributed by atoms with Gasteiger partial charge in [0.15, 0.2) is 0 Å². The minimum absolute atomic E-state index is 0.430. The van der Waals surface area contributed by atoms with Crippen LogP contribution in [-0.2, 0) is 12.8 Å². The summed E-state index contributed by atoms with van der Waals surface area (Å²) < 4.78 is 0. The van der Waals surface area contributed by atoms with Crippen molar-refractivity contribution in [2.45, 2.75) is 26.7 Å². The first kappa shape index (κ1) is 14.5. The van der Waals surface area contributed by atoms with E-state index < -0.39 is 0 Å². The molecule has 0 saturated carbocycles. The van der Waals surface area contributed by atoms with Crippen molar-refractivity contribution in [2.75, 3.05) is 5.32 Å². The molecule has 0 bridgehead atoms. The maximum Gasteiger partial charge on any atom is 0.103 e. The van der Waals surface area contributed by atoms with E-state index in [1.165, 1.54) is 16.8 Å². The summed E-state index contributed by atoms with van der Waals surface area (Å²) in [6, 6.07) is 14.4. The van der Waals surface area contributed by atoms with Crippen LogP contribution in [-0.4, -0.2) is 4.99 Å². The van der Waals surface area contributed by atoms with Crippen LogP contribution in [0.3, 0.4) is 0 Å². The molecule has 0 aliphatic heterocycles. The summed E-state index contributed by atoms with van der Waals surface area (Å²) in [5, 5.41) is 3.53. The number of aryl methyl sites for hydroxylation is 2. The van der Waals surface area contributed by atoms with E-state index in [0.717, 1.165) is 24.1 Å². The van der Waals surface area contributed by atoms with Crippen molar-refractivity contribution in [1.29, 1.82) is 0 Å². The first-order chi connectivity index (χ1) is 9.65. The van der Waals surface area contributed by atoms with E-state index >= 15 is 0 Å². The number of nitrogens with two attached hydrogens (primary N) is 1. The normalized spacial score (nSPS) is 10.3. The molecule has 0 amide bonds. The highest BCUT2D eigenvalue weighted by atomic mass is 32.1. The summed E-state index contributed by atoms with van der Waals surface area (Å²) in [5.74, 6) is 0. The zero-order valence-electron chi connectivity index (χ0n) is 11.9. The second-order valence-electron chi connectivity index (χ2n) is 4.72. The lowest BCUT2D eigenvalue weighted by molar-refractivity contribution is 1.09. The zero-order chi connectivity index (χ0) is 14.5. The van der Waals surface area contributed by atoms with E-state index in [4.69, 9.17) is 18.0 Å². The first-order valence-electron chi connectivity index (χ1n) is 6.93. The molecule has 2 rings (SSSR count). The van der Waals surface area contributed by atoms with Crippen LogP contribution in [0, 0.1) is 0 Å². The molecule has 2 aromatic rings. The quantitative estimate of drug-likeness (QED) is 0.809. The number of thiocarbonyl (C=S) groups is 1. The van der Waals surface area contributed by atoms with Gasteiger partial charge in [0.25, 0.3) is 0 Å². The van der Waals surface area contributed by atoms with Crippen LogP contribution in [0.25, 0.3) is 0 Å². The molecule has 2 aromatic carbocycles. The van der Waals surface area contributed by atoms with Gasteiger partial charge in [-0.1, -0.05) is 44.3 Å². The molecule has 0 unspecified atom stereocenters. The summed E-state index contributed by atoms with van der Waals surface area (Å²) in [6.07, 6.45) is 2.03. The van der Waals surface area contributed by atoms with Crippen LogP contribution in [0.5, 0.6) is 0 Å². The third-order valence-corrected chi connectivity index (χ3v) is 3.67. The minimum atomic E-state index is 0.430. The molecule has 0 aliphatic carbocycles. The highest BCUT2D eigenvalue weighted by Crippen LogP contribution is 2.26. The fraction of sp³-hybridized carbons (Fsp3) is 0.235. The van der Waals surface area contributed by atoms with Crippen LogP contribution >= 0.6 is 12.2 Å². The molecular weight excluding hydrogens is 264 g/mol. The molecular formula is C17H20N2S. The van der Waals surface area contributed by atoms with Gasteiger partial charge >= 0.3 is 0 Å². The fourth-order valence-electron chi connectivity index (χ4n) is 2.27. The smallest absolute Gasteiger partial charge is 0.103 e. The number of benzene rings is 2. The van der Waals surface area contributed by atoms with Gasteiger partial charge in [0.05, 0.1) is 0 Å². The fourth-order valence-corrected chi connectivity index (χ4v) is 2.40. The number of nitrogens with one attached hydrogen (secondary N) is 1. The number of hydrogen-bond donors (Lipinski definition) is 2. The first-order valence-corrected chi connectivity index (χ1v) is 7.34. The molecule has 3 N–H and O–H groups in total. The zero-order valence-corrected chi connectivity index (χ0v) is 12.8. The number of anilines is 2. The molecule has 0 aliphatic rings. The molecule has 2 nitrogen and oxygen atoms in total. The lowest BCUT2D eigenvalue weighted by Gasteiger charge is -2.15. The van der Waals surface area contributed by atoms with Gasteiger partial charge in [-0.25, -0.2) is 0 Å². The van der Waals surface area contributed by atoms with E-state index in [1.54, 1.807) is 0 Å². The topological polar surface area (TPSA) is 38.0 Å². The van der Waals surface area contributed by atoms with Crippen LogP contribution in [0.4, 0.5) is 11.4 Å². The van der Waals surface area contributed by atoms with Crippen molar-refractivity contribution in [1.82, 2.24) is 0 Å². The Morgan fingerprint density at radius 2 is 1.55 bits per heavy atom. The molecule has 0 spiro atoms. The molecule has 3 heteroatoms. The van der Waals surface area contributed by atoms with Crippen molar-refractivity contribution in [2.24, 2.45) is 5.73 Å². The van der Waals surface area contributed by atoms with Gasteiger partial charge in [-0.15, -0.1) is 0 Å². The average molecular weight is 284 g/mol. The van der Waals surface area contributed by atoms with Gasteiger partial charge in [-0.3, -0.25) is 0 Å². The molecule has 0 fully saturated rings. The predicted molar refractivity (Wildman–Crippen MR) is 90.8 cm³/mol. The van der Waals surface area contributed by atoms with Gasteiger partial charge in [-0.05, 0) is 48.2 Å². The summed E-state index contributed by atoms with van der Waals surface area (Å²) in [4.78, 5) is 0.430. The van der Waals surface area contributed by atoms with Crippen molar-refractivity contribution in [3.63, 3.8) is 0 Å². The lowest BCUT2D eigenvalue weighted by Crippen LogP contribution is -2.09. The summed E-state index contributed by atoms with van der Waals surface area (Å²) in [7, 11) is 0. The Morgan fingerprint density at radius 1 is 1.00 bits per heavy atom. The van der Waals surface area contributed by atoms with E-state index in [1.807, 2.05) is 24.3 Å². The largest absolute Gasteiger partial charge is 0.389 e. The Labute approximate surface area is 126 Å². The van der Waals surface area contributed by atoms with Crippen LogP contribution in [0.1, 0.15) is 30.5 Å². The lowest BCUT2D eigenvalue weighted by atomic mass is 10.0. The summed E-state index contributed by atoms with van der Waals surface area (Å²) in [5.41, 5.74) is 11.5. The van der Waals surface area contributed by atoms with Crippen molar-refractivity contribution >= 4 is 28.6 Å². The van der Waals surface area contributed by atoms with Crippen molar-refractivity contribution < 1.29 is 0 Å². The second-order valence-corrected chi connectivity index (χ2v) is 5.16. The predicted octanol–water partition coefficient (Wildman–Crippen LogP) is 4.19. The highest BCUT2D eigenvalue weighted by Gasteiger charge is 2.06. The maximum absolute atomic E-state index is 5.62. The third kappa shape index (κ3) is 3.17.